The van der Waals surface area contributed by atoms with Gasteiger partial charge in [0.25, 0.3) is 0 Å². The molecule has 0 fully saturated rings. The quantitative estimate of drug-likeness (QED) is 0.905. The van der Waals surface area contributed by atoms with Crippen LogP contribution in [0.2, 0.25) is 0 Å². The zero-order chi connectivity index (χ0) is 14.0. The van der Waals surface area contributed by atoms with Gasteiger partial charge in [-0.15, -0.1) is 0 Å². The van der Waals surface area contributed by atoms with Crippen molar-refractivity contribution in [1.29, 1.82) is 0 Å². The molecule has 19 heavy (non-hydrogen) atoms. The Bertz CT molecular complexity index is 616. The molecule has 1 heterocycles. The smallest absolute Gasteiger partial charge is 0.304 e. The second-order valence-corrected chi connectivity index (χ2v) is 4.79. The Kier molecular flexibility index (Phi) is 3.94. The molecule has 7 heteroatoms. The molecule has 0 aliphatic rings. The maximum absolute atomic E-state index is 13.2. The van der Waals surface area contributed by atoms with E-state index in [1.54, 1.807) is 0 Å². The topological polar surface area (TPSA) is 66.0 Å². The number of hydrogen-bond acceptors (Lipinski definition) is 2. The van der Waals surface area contributed by atoms with Crippen molar-refractivity contribution in [3.05, 3.63) is 52.0 Å². The number of H-pyrrole nitrogens is 1. The first-order chi connectivity index (χ1) is 8.97. The molecule has 4 nitrogen and oxygen atoms in total. The van der Waals surface area contributed by atoms with Crippen molar-refractivity contribution >= 4 is 21.9 Å². The van der Waals surface area contributed by atoms with Crippen molar-refractivity contribution in [2.75, 3.05) is 0 Å². The van der Waals surface area contributed by atoms with Crippen molar-refractivity contribution in [2.45, 2.75) is 12.3 Å². The van der Waals surface area contributed by atoms with E-state index < -0.39 is 23.5 Å². The Morgan fingerprint density at radius 1 is 1.42 bits per heavy atom. The van der Waals surface area contributed by atoms with Gasteiger partial charge in [0.15, 0.2) is 11.6 Å². The first kappa shape index (κ1) is 13.7. The van der Waals surface area contributed by atoms with Gasteiger partial charge in [-0.2, -0.15) is 0 Å². The van der Waals surface area contributed by atoms with Crippen LogP contribution in [0.4, 0.5) is 8.78 Å². The normalized spacial score (nSPS) is 12.4. The molecule has 0 radical (unpaired) electrons. The van der Waals surface area contributed by atoms with Crippen LogP contribution in [0.3, 0.4) is 0 Å². The molecule has 100 valence electrons. The Morgan fingerprint density at radius 2 is 2.16 bits per heavy atom. The number of rotatable bonds is 4. The van der Waals surface area contributed by atoms with Crippen LogP contribution in [-0.2, 0) is 4.79 Å². The summed E-state index contributed by atoms with van der Waals surface area (Å²) in [5, 5.41) is 8.92. The second-order valence-electron chi connectivity index (χ2n) is 3.94. The lowest BCUT2D eigenvalue weighted by molar-refractivity contribution is -0.137. The minimum absolute atomic E-state index is 0.273. The molecule has 0 aliphatic heterocycles. The van der Waals surface area contributed by atoms with Gasteiger partial charge in [0.05, 0.1) is 18.5 Å². The van der Waals surface area contributed by atoms with Crippen molar-refractivity contribution in [1.82, 2.24) is 9.97 Å². The number of aromatic amines is 1. The number of nitrogens with zero attached hydrogens (tertiary/aromatic N) is 1. The van der Waals surface area contributed by atoms with E-state index in [2.05, 4.69) is 25.9 Å². The summed E-state index contributed by atoms with van der Waals surface area (Å²) < 4.78 is 26.7. The number of benzene rings is 1. The number of hydrogen-bond donors (Lipinski definition) is 2. The highest BCUT2D eigenvalue weighted by Crippen LogP contribution is 2.27. The van der Waals surface area contributed by atoms with Gasteiger partial charge in [0.1, 0.15) is 10.4 Å². The maximum atomic E-state index is 13.2. The molecule has 0 bridgehead atoms. The summed E-state index contributed by atoms with van der Waals surface area (Å²) >= 11 is 3.17. The number of imidazole rings is 1. The molecule has 1 unspecified atom stereocenters. The summed E-state index contributed by atoms with van der Waals surface area (Å²) in [6.07, 6.45) is 1.20. The molecule has 2 N–H and O–H groups in total. The monoisotopic (exact) mass is 330 g/mol. The Balaban J connectivity index is 2.42. The van der Waals surface area contributed by atoms with E-state index in [-0.39, 0.29) is 6.42 Å². The first-order valence-corrected chi connectivity index (χ1v) is 6.14. The molecule has 0 saturated heterocycles. The van der Waals surface area contributed by atoms with E-state index in [4.69, 9.17) is 5.11 Å². The van der Waals surface area contributed by atoms with Gasteiger partial charge in [-0.3, -0.25) is 4.79 Å². The molecule has 1 atom stereocenters. The molecule has 2 rings (SSSR count). The minimum Gasteiger partial charge on any atom is -0.481 e. The lowest BCUT2D eigenvalue weighted by Crippen LogP contribution is -2.10. The summed E-state index contributed by atoms with van der Waals surface area (Å²) in [6, 6.07) is 3.30. The van der Waals surface area contributed by atoms with Crippen molar-refractivity contribution in [3.63, 3.8) is 0 Å². The van der Waals surface area contributed by atoms with Gasteiger partial charge < -0.3 is 10.1 Å². The standard InChI is InChI=1S/C12H9BrF2N2O2/c13-10-5-16-12(17-10)7(4-11(18)19)6-1-2-8(14)9(15)3-6/h1-3,5,7H,4H2,(H,16,17)(H,18,19). The van der Waals surface area contributed by atoms with Gasteiger partial charge in [0, 0.05) is 0 Å². The number of carbonyl (C=O) groups is 1. The lowest BCUT2D eigenvalue weighted by Gasteiger charge is -2.13. The number of halogens is 3. The molecule has 0 amide bonds. The van der Waals surface area contributed by atoms with Crippen LogP contribution in [0.15, 0.2) is 29.0 Å². The van der Waals surface area contributed by atoms with Crippen LogP contribution in [0.5, 0.6) is 0 Å². The Hall–Kier alpha value is -1.76. The average Bonchev–Trinajstić information content (AvgIpc) is 2.76. The van der Waals surface area contributed by atoms with Crippen molar-refractivity contribution in [3.8, 4) is 0 Å². The zero-order valence-electron chi connectivity index (χ0n) is 9.53. The Labute approximate surface area is 115 Å². The molecular weight excluding hydrogens is 322 g/mol. The fourth-order valence-electron chi connectivity index (χ4n) is 1.77. The number of carboxylic acid groups (broad SMARTS) is 1. The fourth-order valence-corrected chi connectivity index (χ4v) is 2.07. The van der Waals surface area contributed by atoms with E-state index in [0.717, 1.165) is 12.1 Å². The highest BCUT2D eigenvalue weighted by molar-refractivity contribution is 9.10. The summed E-state index contributed by atoms with van der Waals surface area (Å²) in [6.45, 7) is 0. The van der Waals surface area contributed by atoms with Crippen LogP contribution in [0, 0.1) is 11.6 Å². The largest absolute Gasteiger partial charge is 0.481 e. The molecule has 0 saturated carbocycles. The summed E-state index contributed by atoms with van der Waals surface area (Å²) in [5.41, 5.74) is 0.350. The second kappa shape index (κ2) is 5.48. The first-order valence-electron chi connectivity index (χ1n) is 5.34. The summed E-state index contributed by atoms with van der Waals surface area (Å²) in [4.78, 5) is 17.7. The third-order valence-electron chi connectivity index (χ3n) is 2.62. The van der Waals surface area contributed by atoms with Gasteiger partial charge in [-0.05, 0) is 33.6 Å². The van der Waals surface area contributed by atoms with Crippen LogP contribution in [0.1, 0.15) is 23.7 Å². The number of carboxylic acids is 1. The van der Waals surface area contributed by atoms with Gasteiger partial charge in [0.2, 0.25) is 0 Å². The highest BCUT2D eigenvalue weighted by atomic mass is 79.9. The summed E-state index contributed by atoms with van der Waals surface area (Å²) in [7, 11) is 0. The third kappa shape index (κ3) is 3.17. The van der Waals surface area contributed by atoms with E-state index in [1.807, 2.05) is 0 Å². The zero-order valence-corrected chi connectivity index (χ0v) is 11.1. The molecule has 0 spiro atoms. The van der Waals surface area contributed by atoms with Gasteiger partial charge in [-0.25, -0.2) is 13.8 Å². The van der Waals surface area contributed by atoms with Gasteiger partial charge in [-0.1, -0.05) is 6.07 Å². The van der Waals surface area contributed by atoms with E-state index in [9.17, 15) is 13.6 Å². The van der Waals surface area contributed by atoms with Crippen LogP contribution in [0.25, 0.3) is 0 Å². The van der Waals surface area contributed by atoms with E-state index >= 15 is 0 Å². The summed E-state index contributed by atoms with van der Waals surface area (Å²) in [5.74, 6) is -3.33. The van der Waals surface area contributed by atoms with Gasteiger partial charge >= 0.3 is 5.97 Å². The Morgan fingerprint density at radius 3 is 2.68 bits per heavy atom. The molecule has 1 aromatic heterocycles. The fraction of sp³-hybridized carbons (Fsp3) is 0.167. The SMILES string of the molecule is O=C(O)CC(c1ccc(F)c(F)c1)c1ncc(Br)[nH]1. The van der Waals surface area contributed by atoms with E-state index in [1.165, 1.54) is 12.3 Å². The predicted octanol–water partition coefficient (Wildman–Crippen LogP) is 3.06. The van der Waals surface area contributed by atoms with Crippen molar-refractivity contribution in [2.24, 2.45) is 0 Å². The minimum atomic E-state index is -1.05. The predicted molar refractivity (Wildman–Crippen MR) is 66.7 cm³/mol. The van der Waals surface area contributed by atoms with Crippen LogP contribution >= 0.6 is 15.9 Å². The van der Waals surface area contributed by atoms with Crippen LogP contribution < -0.4 is 0 Å². The number of nitrogens with one attached hydrogen (secondary N) is 1. The maximum Gasteiger partial charge on any atom is 0.304 e. The van der Waals surface area contributed by atoms with Crippen LogP contribution in [-0.4, -0.2) is 21.0 Å². The number of aliphatic carboxylic acids is 1. The highest BCUT2D eigenvalue weighted by Gasteiger charge is 2.22. The molecule has 0 aliphatic carbocycles. The third-order valence-corrected chi connectivity index (χ3v) is 3.02. The van der Waals surface area contributed by atoms with E-state index in [0.29, 0.717) is 16.0 Å². The number of aromatic nitrogens is 2. The van der Waals surface area contributed by atoms with Crippen molar-refractivity contribution < 1.29 is 18.7 Å². The molecule has 1 aromatic carbocycles. The molecular formula is C12H9BrF2N2O2. The average molecular weight is 331 g/mol. The molecule has 2 aromatic rings. The lowest BCUT2D eigenvalue weighted by atomic mass is 9.95.